The minimum atomic E-state index is -0.363. The molecule has 1 aliphatic rings. The molecule has 110 valence electrons. The minimum absolute atomic E-state index is 0.0468. The lowest BCUT2D eigenvalue weighted by Gasteiger charge is -2.37. The van der Waals surface area contributed by atoms with Gasteiger partial charge >= 0.3 is 0 Å². The van der Waals surface area contributed by atoms with E-state index in [1.807, 2.05) is 24.0 Å². The number of carbonyl (C=O) groups excluding carboxylic acids is 1. The molecule has 1 atom stereocenters. The maximum absolute atomic E-state index is 12.1. The maximum Gasteiger partial charge on any atom is 0.245 e. The molecule has 1 aliphatic heterocycles. The van der Waals surface area contributed by atoms with Crippen LogP contribution in [0, 0.1) is 0 Å². The predicted octanol–water partition coefficient (Wildman–Crippen LogP) is 0.619. The van der Waals surface area contributed by atoms with Gasteiger partial charge in [0.1, 0.15) is 11.8 Å². The Labute approximate surface area is 118 Å². The summed E-state index contributed by atoms with van der Waals surface area (Å²) >= 11 is 0. The summed E-state index contributed by atoms with van der Waals surface area (Å²) in [6, 6.07) is 5.21. The van der Waals surface area contributed by atoms with Crippen molar-refractivity contribution in [1.29, 1.82) is 0 Å². The second kappa shape index (κ2) is 6.47. The van der Waals surface area contributed by atoms with Crippen LogP contribution in [0.15, 0.2) is 18.2 Å². The van der Waals surface area contributed by atoms with Crippen LogP contribution >= 0.6 is 0 Å². The molecule has 1 aromatic carbocycles. The van der Waals surface area contributed by atoms with E-state index in [9.17, 15) is 4.79 Å². The van der Waals surface area contributed by atoms with Gasteiger partial charge in [0.25, 0.3) is 0 Å². The first-order chi connectivity index (χ1) is 9.69. The normalized spacial score (nSPS) is 18.7. The zero-order chi connectivity index (χ0) is 14.5. The molecular weight excluding hydrogens is 258 g/mol. The predicted molar refractivity (Wildman–Crippen MR) is 78.0 cm³/mol. The van der Waals surface area contributed by atoms with Crippen LogP contribution < -0.4 is 20.7 Å². The fourth-order valence-corrected chi connectivity index (χ4v) is 2.36. The van der Waals surface area contributed by atoms with Crippen LogP contribution in [0.3, 0.4) is 0 Å². The molecule has 3 N–H and O–H groups in total. The standard InChI is InChI=1S/C14H21N3O3/c1-3-16-14(18)11-9-20-8-7-17(11)10-5-4-6-12(19-2)13(10)15/h4-6,11H,3,7-9,15H2,1-2H3,(H,16,18). The summed E-state index contributed by atoms with van der Waals surface area (Å²) < 4.78 is 10.7. The van der Waals surface area contributed by atoms with Gasteiger partial charge in [-0.2, -0.15) is 0 Å². The Hall–Kier alpha value is -1.95. The zero-order valence-corrected chi connectivity index (χ0v) is 11.9. The summed E-state index contributed by atoms with van der Waals surface area (Å²) in [6.07, 6.45) is 0. The summed E-state index contributed by atoms with van der Waals surface area (Å²) in [5.74, 6) is 0.568. The third-order valence-corrected chi connectivity index (χ3v) is 3.35. The van der Waals surface area contributed by atoms with Crippen LogP contribution in [-0.4, -0.2) is 45.4 Å². The smallest absolute Gasteiger partial charge is 0.245 e. The number of hydrogen-bond donors (Lipinski definition) is 2. The van der Waals surface area contributed by atoms with Crippen molar-refractivity contribution in [2.45, 2.75) is 13.0 Å². The number of nitrogens with two attached hydrogens (primary N) is 1. The Bertz CT molecular complexity index is 479. The number of likely N-dealkylation sites (N-methyl/N-ethyl adjacent to an activating group) is 1. The third-order valence-electron chi connectivity index (χ3n) is 3.35. The van der Waals surface area contributed by atoms with E-state index in [0.29, 0.717) is 37.7 Å². The van der Waals surface area contributed by atoms with E-state index in [1.54, 1.807) is 13.2 Å². The lowest BCUT2D eigenvalue weighted by Crippen LogP contribution is -2.54. The van der Waals surface area contributed by atoms with Gasteiger partial charge in [0.05, 0.1) is 31.7 Å². The summed E-state index contributed by atoms with van der Waals surface area (Å²) in [6.45, 7) is 4.05. The summed E-state index contributed by atoms with van der Waals surface area (Å²) in [7, 11) is 1.58. The number of para-hydroxylation sites is 1. The number of nitrogens with one attached hydrogen (secondary N) is 1. The van der Waals surface area contributed by atoms with Crippen molar-refractivity contribution in [3.05, 3.63) is 18.2 Å². The Morgan fingerprint density at radius 1 is 1.60 bits per heavy atom. The van der Waals surface area contributed by atoms with Gasteiger partial charge in [-0.25, -0.2) is 0 Å². The number of benzene rings is 1. The average molecular weight is 279 g/mol. The number of nitrogen functional groups attached to an aromatic ring is 1. The molecule has 1 amide bonds. The van der Waals surface area contributed by atoms with Crippen molar-refractivity contribution in [1.82, 2.24) is 5.32 Å². The van der Waals surface area contributed by atoms with Gasteiger partial charge in [-0.3, -0.25) is 4.79 Å². The fraction of sp³-hybridized carbons (Fsp3) is 0.500. The summed E-state index contributed by atoms with van der Waals surface area (Å²) in [5, 5.41) is 2.83. The van der Waals surface area contributed by atoms with Gasteiger partial charge in [0.15, 0.2) is 0 Å². The fourth-order valence-electron chi connectivity index (χ4n) is 2.36. The molecule has 1 fully saturated rings. The van der Waals surface area contributed by atoms with Crippen LogP contribution in [0.4, 0.5) is 11.4 Å². The highest BCUT2D eigenvalue weighted by atomic mass is 16.5. The van der Waals surface area contributed by atoms with Crippen molar-refractivity contribution in [3.8, 4) is 5.75 Å². The first kappa shape index (κ1) is 14.5. The van der Waals surface area contributed by atoms with Crippen LogP contribution in [0.5, 0.6) is 5.75 Å². The summed E-state index contributed by atoms with van der Waals surface area (Å²) in [5.41, 5.74) is 7.48. The number of carbonyl (C=O) groups is 1. The molecule has 2 rings (SSSR count). The van der Waals surface area contributed by atoms with Gasteiger partial charge in [-0.05, 0) is 19.1 Å². The molecule has 0 aromatic heterocycles. The van der Waals surface area contributed by atoms with Gasteiger partial charge in [-0.15, -0.1) is 0 Å². The van der Waals surface area contributed by atoms with E-state index in [-0.39, 0.29) is 11.9 Å². The molecule has 1 saturated heterocycles. The van der Waals surface area contributed by atoms with E-state index in [0.717, 1.165) is 5.69 Å². The topological polar surface area (TPSA) is 76.8 Å². The van der Waals surface area contributed by atoms with Crippen molar-refractivity contribution in [3.63, 3.8) is 0 Å². The van der Waals surface area contributed by atoms with Gasteiger partial charge < -0.3 is 25.4 Å². The first-order valence-electron chi connectivity index (χ1n) is 6.73. The highest BCUT2D eigenvalue weighted by molar-refractivity contribution is 5.88. The Kier molecular flexibility index (Phi) is 4.68. The summed E-state index contributed by atoms with van der Waals surface area (Å²) in [4.78, 5) is 14.1. The number of methoxy groups -OCH3 is 1. The molecule has 0 bridgehead atoms. The molecule has 0 saturated carbocycles. The molecule has 6 nitrogen and oxygen atoms in total. The largest absolute Gasteiger partial charge is 0.495 e. The van der Waals surface area contributed by atoms with E-state index in [1.165, 1.54) is 0 Å². The molecule has 6 heteroatoms. The van der Waals surface area contributed by atoms with Gasteiger partial charge in [0.2, 0.25) is 5.91 Å². The van der Waals surface area contributed by atoms with Crippen LogP contribution in [0.25, 0.3) is 0 Å². The monoisotopic (exact) mass is 279 g/mol. The Morgan fingerprint density at radius 2 is 2.40 bits per heavy atom. The second-order valence-corrected chi connectivity index (χ2v) is 4.57. The second-order valence-electron chi connectivity index (χ2n) is 4.57. The number of morpholine rings is 1. The lowest BCUT2D eigenvalue weighted by atomic mass is 10.1. The van der Waals surface area contributed by atoms with E-state index in [2.05, 4.69) is 5.32 Å². The quantitative estimate of drug-likeness (QED) is 0.790. The number of anilines is 2. The van der Waals surface area contributed by atoms with Crippen molar-refractivity contribution in [2.75, 3.05) is 44.0 Å². The maximum atomic E-state index is 12.1. The molecule has 20 heavy (non-hydrogen) atoms. The minimum Gasteiger partial charge on any atom is -0.495 e. The number of nitrogens with zero attached hydrogens (tertiary/aromatic N) is 1. The SMILES string of the molecule is CCNC(=O)C1COCCN1c1cccc(OC)c1N. The zero-order valence-electron chi connectivity index (χ0n) is 11.9. The highest BCUT2D eigenvalue weighted by Crippen LogP contribution is 2.33. The van der Waals surface area contributed by atoms with E-state index < -0.39 is 0 Å². The number of hydrogen-bond acceptors (Lipinski definition) is 5. The van der Waals surface area contributed by atoms with Crippen molar-refractivity contribution >= 4 is 17.3 Å². The molecule has 1 aromatic rings. The third kappa shape index (κ3) is 2.80. The van der Waals surface area contributed by atoms with Crippen LogP contribution in [0.1, 0.15) is 6.92 Å². The lowest BCUT2D eigenvalue weighted by molar-refractivity contribution is -0.124. The van der Waals surface area contributed by atoms with Crippen LogP contribution in [-0.2, 0) is 9.53 Å². The molecular formula is C14H21N3O3. The molecule has 1 heterocycles. The number of amides is 1. The number of rotatable bonds is 4. The molecule has 0 spiro atoms. The van der Waals surface area contributed by atoms with E-state index in [4.69, 9.17) is 15.2 Å². The van der Waals surface area contributed by atoms with Gasteiger partial charge in [-0.1, -0.05) is 6.07 Å². The van der Waals surface area contributed by atoms with Gasteiger partial charge in [0, 0.05) is 13.1 Å². The average Bonchev–Trinajstić information content (AvgIpc) is 2.48. The van der Waals surface area contributed by atoms with Crippen molar-refractivity contribution in [2.24, 2.45) is 0 Å². The van der Waals surface area contributed by atoms with Crippen LogP contribution in [0.2, 0.25) is 0 Å². The Morgan fingerprint density at radius 3 is 3.10 bits per heavy atom. The highest BCUT2D eigenvalue weighted by Gasteiger charge is 2.30. The molecule has 0 radical (unpaired) electrons. The Balaban J connectivity index is 2.30. The van der Waals surface area contributed by atoms with Crippen molar-refractivity contribution < 1.29 is 14.3 Å². The number of ether oxygens (including phenoxy) is 2. The first-order valence-corrected chi connectivity index (χ1v) is 6.73. The molecule has 0 aliphatic carbocycles. The molecule has 1 unspecified atom stereocenters. The van der Waals surface area contributed by atoms with E-state index >= 15 is 0 Å².